The Kier molecular flexibility index (Phi) is 3.46. The highest BCUT2D eigenvalue weighted by atomic mass is 79.9. The number of nitrogens with one attached hydrogen (secondary N) is 1. The zero-order valence-electron chi connectivity index (χ0n) is 10.4. The Morgan fingerprint density at radius 1 is 1.10 bits per heavy atom. The minimum atomic E-state index is -0.849. The average Bonchev–Trinajstić information content (AvgIpc) is 2.45. The predicted octanol–water partition coefficient (Wildman–Crippen LogP) is 4.97. The Balaban J connectivity index is 1.96. The summed E-state index contributed by atoms with van der Waals surface area (Å²) >= 11 is 3.25. The molecule has 20 heavy (non-hydrogen) atoms. The summed E-state index contributed by atoms with van der Waals surface area (Å²) in [5.41, 5.74) is 1.85. The van der Waals surface area contributed by atoms with E-state index in [0.717, 1.165) is 11.6 Å². The Labute approximate surface area is 122 Å². The summed E-state index contributed by atoms with van der Waals surface area (Å²) < 4.78 is 40.6. The van der Waals surface area contributed by atoms with Crippen LogP contribution in [0.25, 0.3) is 0 Å². The highest BCUT2D eigenvalue weighted by molar-refractivity contribution is 9.10. The third-order valence-corrected chi connectivity index (χ3v) is 4.17. The monoisotopic (exact) mass is 341 g/mol. The van der Waals surface area contributed by atoms with E-state index in [9.17, 15) is 13.2 Å². The van der Waals surface area contributed by atoms with Gasteiger partial charge in [0.2, 0.25) is 0 Å². The molecule has 0 amide bonds. The molecule has 0 aliphatic carbocycles. The van der Waals surface area contributed by atoms with Crippen LogP contribution in [0.4, 0.5) is 18.9 Å². The topological polar surface area (TPSA) is 12.0 Å². The van der Waals surface area contributed by atoms with Gasteiger partial charge in [0.1, 0.15) is 5.82 Å². The van der Waals surface area contributed by atoms with Gasteiger partial charge in [-0.25, -0.2) is 13.2 Å². The SMILES string of the molecule is Fc1ccc(C2CCc3c(F)c(F)cc(Br)c3N2)cc1. The molecule has 0 fully saturated rings. The number of halogens is 4. The molecule has 1 aliphatic heterocycles. The van der Waals surface area contributed by atoms with Gasteiger partial charge in [-0.1, -0.05) is 12.1 Å². The van der Waals surface area contributed by atoms with E-state index in [1.54, 1.807) is 12.1 Å². The normalized spacial score (nSPS) is 17.5. The van der Waals surface area contributed by atoms with E-state index in [0.29, 0.717) is 28.6 Å². The van der Waals surface area contributed by atoms with Crippen LogP contribution in [-0.4, -0.2) is 0 Å². The Hall–Kier alpha value is -1.49. The fourth-order valence-corrected chi connectivity index (χ4v) is 3.07. The van der Waals surface area contributed by atoms with E-state index in [2.05, 4.69) is 21.2 Å². The highest BCUT2D eigenvalue weighted by Gasteiger charge is 2.25. The second kappa shape index (κ2) is 5.13. The molecule has 0 saturated carbocycles. The molecule has 1 heterocycles. The zero-order chi connectivity index (χ0) is 14.3. The summed E-state index contributed by atoms with van der Waals surface area (Å²) in [6, 6.07) is 7.27. The van der Waals surface area contributed by atoms with Gasteiger partial charge < -0.3 is 5.32 Å². The van der Waals surface area contributed by atoms with E-state index in [4.69, 9.17) is 0 Å². The van der Waals surface area contributed by atoms with Crippen LogP contribution in [-0.2, 0) is 6.42 Å². The van der Waals surface area contributed by atoms with Gasteiger partial charge in [0.05, 0.1) is 11.7 Å². The van der Waals surface area contributed by atoms with Gasteiger partial charge in [-0.2, -0.15) is 0 Å². The van der Waals surface area contributed by atoms with E-state index >= 15 is 0 Å². The first-order valence-electron chi connectivity index (χ1n) is 6.24. The fourth-order valence-electron chi connectivity index (χ4n) is 2.52. The lowest BCUT2D eigenvalue weighted by Crippen LogP contribution is -2.20. The molecule has 2 aromatic rings. The van der Waals surface area contributed by atoms with Crippen molar-refractivity contribution in [2.75, 3.05) is 5.32 Å². The van der Waals surface area contributed by atoms with E-state index in [-0.39, 0.29) is 11.9 Å². The van der Waals surface area contributed by atoms with Crippen LogP contribution in [0.2, 0.25) is 0 Å². The van der Waals surface area contributed by atoms with Crippen LogP contribution in [0.5, 0.6) is 0 Å². The molecule has 1 nitrogen and oxygen atoms in total. The lowest BCUT2D eigenvalue weighted by atomic mass is 9.93. The van der Waals surface area contributed by atoms with Crippen LogP contribution in [0.15, 0.2) is 34.8 Å². The minimum Gasteiger partial charge on any atom is -0.377 e. The van der Waals surface area contributed by atoms with Crippen molar-refractivity contribution in [2.45, 2.75) is 18.9 Å². The number of rotatable bonds is 1. The highest BCUT2D eigenvalue weighted by Crippen LogP contribution is 2.39. The maximum atomic E-state index is 13.8. The summed E-state index contributed by atoms with van der Waals surface area (Å²) in [7, 11) is 0. The lowest BCUT2D eigenvalue weighted by molar-refractivity contribution is 0.490. The number of hydrogen-bond acceptors (Lipinski definition) is 1. The van der Waals surface area contributed by atoms with Crippen molar-refractivity contribution in [1.29, 1.82) is 0 Å². The van der Waals surface area contributed by atoms with Crippen molar-refractivity contribution in [3.8, 4) is 0 Å². The van der Waals surface area contributed by atoms with Crippen molar-refractivity contribution < 1.29 is 13.2 Å². The molecule has 0 saturated heterocycles. The summed E-state index contributed by atoms with van der Waals surface area (Å²) in [5.74, 6) is -1.94. The van der Waals surface area contributed by atoms with E-state index < -0.39 is 11.6 Å². The molecule has 104 valence electrons. The fraction of sp³-hybridized carbons (Fsp3) is 0.200. The van der Waals surface area contributed by atoms with Gasteiger partial charge in [0, 0.05) is 10.0 Å². The van der Waals surface area contributed by atoms with Crippen molar-refractivity contribution >= 4 is 21.6 Å². The largest absolute Gasteiger partial charge is 0.377 e. The van der Waals surface area contributed by atoms with Crippen LogP contribution in [0.3, 0.4) is 0 Å². The third kappa shape index (κ3) is 2.30. The molecule has 1 unspecified atom stereocenters. The third-order valence-electron chi connectivity index (χ3n) is 3.54. The van der Waals surface area contributed by atoms with Crippen LogP contribution < -0.4 is 5.32 Å². The quantitative estimate of drug-likeness (QED) is 0.722. The molecule has 2 aromatic carbocycles. The molecule has 0 spiro atoms. The number of hydrogen-bond donors (Lipinski definition) is 1. The first-order chi connectivity index (χ1) is 9.56. The molecule has 1 aliphatic rings. The zero-order valence-corrected chi connectivity index (χ0v) is 12.0. The van der Waals surface area contributed by atoms with E-state index in [1.807, 2.05) is 0 Å². The molecule has 1 N–H and O–H groups in total. The van der Waals surface area contributed by atoms with Gasteiger partial charge >= 0.3 is 0 Å². The Morgan fingerprint density at radius 2 is 1.80 bits per heavy atom. The average molecular weight is 342 g/mol. The molecular weight excluding hydrogens is 331 g/mol. The lowest BCUT2D eigenvalue weighted by Gasteiger charge is -2.28. The molecular formula is C15H11BrF3N. The molecule has 3 rings (SSSR count). The molecule has 0 aromatic heterocycles. The van der Waals surface area contributed by atoms with Crippen molar-refractivity contribution in [3.05, 3.63) is 63.4 Å². The standard InChI is InChI=1S/C15H11BrF3N/c16-11-7-12(18)14(19)10-5-6-13(20-15(10)11)8-1-3-9(17)4-2-8/h1-4,7,13,20H,5-6H2. The van der Waals surface area contributed by atoms with Crippen LogP contribution >= 0.6 is 15.9 Å². The van der Waals surface area contributed by atoms with Gasteiger partial charge in [-0.3, -0.25) is 0 Å². The Morgan fingerprint density at radius 3 is 2.50 bits per heavy atom. The predicted molar refractivity (Wildman–Crippen MR) is 75.1 cm³/mol. The summed E-state index contributed by atoms with van der Waals surface area (Å²) in [4.78, 5) is 0. The van der Waals surface area contributed by atoms with Crippen LogP contribution in [0, 0.1) is 17.5 Å². The second-order valence-electron chi connectivity index (χ2n) is 4.79. The van der Waals surface area contributed by atoms with Gasteiger partial charge in [0.15, 0.2) is 11.6 Å². The number of benzene rings is 2. The Bertz CT molecular complexity index is 655. The maximum absolute atomic E-state index is 13.8. The summed E-state index contributed by atoms with van der Waals surface area (Å²) in [6.07, 6.45) is 1.07. The number of fused-ring (bicyclic) bond motifs is 1. The first kappa shape index (κ1) is 13.5. The van der Waals surface area contributed by atoms with Crippen molar-refractivity contribution in [3.63, 3.8) is 0 Å². The molecule has 0 radical (unpaired) electrons. The molecule has 0 bridgehead atoms. The van der Waals surface area contributed by atoms with Gasteiger partial charge in [0.25, 0.3) is 0 Å². The van der Waals surface area contributed by atoms with Crippen LogP contribution in [0.1, 0.15) is 23.6 Å². The summed E-state index contributed by atoms with van der Waals surface area (Å²) in [5, 5.41) is 3.19. The number of anilines is 1. The molecule has 5 heteroatoms. The minimum absolute atomic E-state index is 0.0377. The summed E-state index contributed by atoms with van der Waals surface area (Å²) in [6.45, 7) is 0. The second-order valence-corrected chi connectivity index (χ2v) is 5.65. The van der Waals surface area contributed by atoms with Gasteiger partial charge in [-0.05, 0) is 52.5 Å². The van der Waals surface area contributed by atoms with Crippen molar-refractivity contribution in [1.82, 2.24) is 0 Å². The smallest absolute Gasteiger partial charge is 0.164 e. The van der Waals surface area contributed by atoms with Crippen molar-refractivity contribution in [2.24, 2.45) is 0 Å². The van der Waals surface area contributed by atoms with E-state index in [1.165, 1.54) is 12.1 Å². The maximum Gasteiger partial charge on any atom is 0.164 e. The first-order valence-corrected chi connectivity index (χ1v) is 7.04. The van der Waals surface area contributed by atoms with Gasteiger partial charge in [-0.15, -0.1) is 0 Å². The molecule has 1 atom stereocenters.